The van der Waals surface area contributed by atoms with Gasteiger partial charge in [-0.2, -0.15) is 13.2 Å². The van der Waals surface area contributed by atoms with Crippen molar-refractivity contribution in [2.24, 2.45) is 5.73 Å². The summed E-state index contributed by atoms with van der Waals surface area (Å²) in [6, 6.07) is 2.70. The third-order valence-electron chi connectivity index (χ3n) is 2.51. The zero-order valence-electron chi connectivity index (χ0n) is 11.8. The van der Waals surface area contributed by atoms with Crippen molar-refractivity contribution in [1.82, 2.24) is 5.32 Å². The SMILES string of the molecule is CC(=O)Nc1cc(C(=O)NCCCN)cc(C(F)(F)F)c1.Cl. The number of carbonyl (C=O) groups is 2. The Hall–Kier alpha value is -1.80. The van der Waals surface area contributed by atoms with E-state index in [0.29, 0.717) is 13.0 Å². The van der Waals surface area contributed by atoms with Gasteiger partial charge in [0.05, 0.1) is 5.56 Å². The molecular weight excluding hydrogens is 323 g/mol. The van der Waals surface area contributed by atoms with E-state index in [0.717, 1.165) is 12.1 Å². The molecule has 1 aromatic carbocycles. The molecule has 0 spiro atoms. The Kier molecular flexibility index (Phi) is 7.89. The van der Waals surface area contributed by atoms with Gasteiger partial charge in [0.1, 0.15) is 0 Å². The second kappa shape index (κ2) is 8.60. The molecular formula is C13H17ClF3N3O2. The maximum Gasteiger partial charge on any atom is 0.416 e. The molecule has 0 unspecified atom stereocenters. The summed E-state index contributed by atoms with van der Waals surface area (Å²) in [4.78, 5) is 22.8. The van der Waals surface area contributed by atoms with Gasteiger partial charge in [-0.25, -0.2) is 0 Å². The van der Waals surface area contributed by atoms with Crippen LogP contribution in [0, 0.1) is 0 Å². The number of halogens is 4. The van der Waals surface area contributed by atoms with Gasteiger partial charge in [0.2, 0.25) is 5.91 Å². The van der Waals surface area contributed by atoms with Crippen molar-refractivity contribution in [1.29, 1.82) is 0 Å². The molecule has 0 saturated heterocycles. The summed E-state index contributed by atoms with van der Waals surface area (Å²) in [6.07, 6.45) is -4.09. The monoisotopic (exact) mass is 339 g/mol. The fourth-order valence-corrected chi connectivity index (χ4v) is 1.60. The first-order valence-electron chi connectivity index (χ1n) is 6.22. The summed E-state index contributed by atoms with van der Waals surface area (Å²) < 4.78 is 38.4. The third kappa shape index (κ3) is 6.31. The van der Waals surface area contributed by atoms with Crippen molar-refractivity contribution in [3.05, 3.63) is 29.3 Å². The lowest BCUT2D eigenvalue weighted by Gasteiger charge is -2.12. The summed E-state index contributed by atoms with van der Waals surface area (Å²) in [6.45, 7) is 1.79. The van der Waals surface area contributed by atoms with Gasteiger partial charge in [0.15, 0.2) is 0 Å². The number of alkyl halides is 3. The molecule has 0 radical (unpaired) electrons. The molecule has 0 heterocycles. The molecule has 0 aliphatic rings. The molecule has 4 N–H and O–H groups in total. The lowest BCUT2D eigenvalue weighted by molar-refractivity contribution is -0.137. The Morgan fingerprint density at radius 3 is 2.36 bits per heavy atom. The lowest BCUT2D eigenvalue weighted by Crippen LogP contribution is -2.26. The number of amides is 2. The lowest BCUT2D eigenvalue weighted by atomic mass is 10.1. The number of hydrogen-bond donors (Lipinski definition) is 3. The molecule has 124 valence electrons. The van der Waals surface area contributed by atoms with E-state index >= 15 is 0 Å². The van der Waals surface area contributed by atoms with E-state index in [1.165, 1.54) is 13.0 Å². The number of hydrogen-bond acceptors (Lipinski definition) is 3. The van der Waals surface area contributed by atoms with Crippen LogP contribution in [0.15, 0.2) is 18.2 Å². The topological polar surface area (TPSA) is 84.2 Å². The molecule has 22 heavy (non-hydrogen) atoms. The Bertz CT molecular complexity index is 536. The van der Waals surface area contributed by atoms with Gasteiger partial charge in [-0.15, -0.1) is 12.4 Å². The van der Waals surface area contributed by atoms with Crippen LogP contribution in [0.3, 0.4) is 0 Å². The van der Waals surface area contributed by atoms with E-state index in [4.69, 9.17) is 5.73 Å². The van der Waals surface area contributed by atoms with Crippen molar-refractivity contribution in [2.45, 2.75) is 19.5 Å². The van der Waals surface area contributed by atoms with Gasteiger partial charge in [-0.3, -0.25) is 9.59 Å². The van der Waals surface area contributed by atoms with Gasteiger partial charge in [0, 0.05) is 24.7 Å². The summed E-state index contributed by atoms with van der Waals surface area (Å²) in [5.74, 6) is -1.18. The van der Waals surface area contributed by atoms with Crippen molar-refractivity contribution in [3.63, 3.8) is 0 Å². The van der Waals surface area contributed by atoms with Crippen molar-refractivity contribution in [2.75, 3.05) is 18.4 Å². The zero-order valence-corrected chi connectivity index (χ0v) is 12.6. The second-order valence-electron chi connectivity index (χ2n) is 4.38. The standard InChI is InChI=1S/C13H16F3N3O2.ClH/c1-8(20)19-11-6-9(12(21)18-4-2-3-17)5-10(7-11)13(14,15)16;/h5-7H,2-4,17H2,1H3,(H,18,21)(H,19,20);1H. The predicted molar refractivity (Wildman–Crippen MR) is 79.0 cm³/mol. The largest absolute Gasteiger partial charge is 0.416 e. The van der Waals surface area contributed by atoms with Crippen molar-refractivity contribution >= 4 is 29.9 Å². The zero-order chi connectivity index (χ0) is 16.0. The maximum atomic E-state index is 12.8. The molecule has 0 bridgehead atoms. The highest BCUT2D eigenvalue weighted by atomic mass is 35.5. The Labute approximate surface area is 131 Å². The molecule has 0 fully saturated rings. The first-order valence-corrected chi connectivity index (χ1v) is 6.22. The Morgan fingerprint density at radius 1 is 1.23 bits per heavy atom. The molecule has 9 heteroatoms. The highest BCUT2D eigenvalue weighted by Gasteiger charge is 2.31. The van der Waals surface area contributed by atoms with Crippen LogP contribution in [0.4, 0.5) is 18.9 Å². The minimum absolute atomic E-state index is 0. The molecule has 5 nitrogen and oxygen atoms in total. The van der Waals surface area contributed by atoms with E-state index in [9.17, 15) is 22.8 Å². The van der Waals surface area contributed by atoms with Gasteiger partial charge >= 0.3 is 6.18 Å². The fourth-order valence-electron chi connectivity index (χ4n) is 1.60. The van der Waals surface area contributed by atoms with Gasteiger partial charge in [-0.1, -0.05) is 0 Å². The minimum Gasteiger partial charge on any atom is -0.352 e. The number of carbonyl (C=O) groups excluding carboxylic acids is 2. The summed E-state index contributed by atoms with van der Waals surface area (Å²) >= 11 is 0. The average Bonchev–Trinajstić information content (AvgIpc) is 2.36. The molecule has 1 aromatic rings. The van der Waals surface area contributed by atoms with Crippen LogP contribution in [0.25, 0.3) is 0 Å². The van der Waals surface area contributed by atoms with Crippen LogP contribution >= 0.6 is 12.4 Å². The molecule has 2 amide bonds. The molecule has 0 atom stereocenters. The quantitative estimate of drug-likeness (QED) is 0.719. The third-order valence-corrected chi connectivity index (χ3v) is 2.51. The first-order chi connectivity index (χ1) is 9.74. The first kappa shape index (κ1) is 20.2. The Balaban J connectivity index is 0.00000441. The van der Waals surface area contributed by atoms with E-state index in [1.54, 1.807) is 0 Å². The van der Waals surface area contributed by atoms with E-state index in [1.807, 2.05) is 0 Å². The number of rotatable bonds is 5. The van der Waals surface area contributed by atoms with Crippen molar-refractivity contribution < 1.29 is 22.8 Å². The second-order valence-corrected chi connectivity index (χ2v) is 4.38. The number of anilines is 1. The van der Waals surface area contributed by atoms with Crippen molar-refractivity contribution in [3.8, 4) is 0 Å². The smallest absolute Gasteiger partial charge is 0.352 e. The molecule has 0 aliphatic carbocycles. The molecule has 0 aromatic heterocycles. The highest BCUT2D eigenvalue weighted by Crippen LogP contribution is 2.32. The van der Waals surface area contributed by atoms with Crippen LogP contribution in [0.2, 0.25) is 0 Å². The van der Waals surface area contributed by atoms with Gasteiger partial charge < -0.3 is 16.4 Å². The van der Waals surface area contributed by atoms with Crippen LogP contribution in [-0.2, 0) is 11.0 Å². The van der Waals surface area contributed by atoms with E-state index in [-0.39, 0.29) is 30.2 Å². The minimum atomic E-state index is -4.61. The van der Waals surface area contributed by atoms with Gasteiger partial charge in [0.25, 0.3) is 5.91 Å². The van der Waals surface area contributed by atoms with E-state index in [2.05, 4.69) is 10.6 Å². The summed E-state index contributed by atoms with van der Waals surface area (Å²) in [7, 11) is 0. The number of benzene rings is 1. The Morgan fingerprint density at radius 2 is 1.86 bits per heavy atom. The van der Waals surface area contributed by atoms with E-state index < -0.39 is 23.6 Å². The normalized spacial score (nSPS) is 10.6. The molecule has 0 saturated carbocycles. The molecule has 1 rings (SSSR count). The summed E-state index contributed by atoms with van der Waals surface area (Å²) in [5.41, 5.74) is 4.01. The number of nitrogens with two attached hydrogens (primary N) is 1. The highest BCUT2D eigenvalue weighted by molar-refractivity contribution is 5.97. The molecule has 0 aliphatic heterocycles. The van der Waals surface area contributed by atoms with Crippen LogP contribution in [0.5, 0.6) is 0 Å². The maximum absolute atomic E-state index is 12.8. The average molecular weight is 340 g/mol. The summed E-state index contributed by atoms with van der Waals surface area (Å²) in [5, 5.41) is 4.70. The fraction of sp³-hybridized carbons (Fsp3) is 0.385. The van der Waals surface area contributed by atoms with Crippen LogP contribution < -0.4 is 16.4 Å². The van der Waals surface area contributed by atoms with Gasteiger partial charge in [-0.05, 0) is 31.2 Å². The predicted octanol–water partition coefficient (Wildman–Crippen LogP) is 2.16. The number of nitrogens with one attached hydrogen (secondary N) is 2. The van der Waals surface area contributed by atoms with Crippen LogP contribution in [-0.4, -0.2) is 24.9 Å². The van der Waals surface area contributed by atoms with Crippen LogP contribution in [0.1, 0.15) is 29.3 Å².